The van der Waals surface area contributed by atoms with Crippen LogP contribution in [0.5, 0.6) is 0 Å². The van der Waals surface area contributed by atoms with E-state index in [1.54, 1.807) is 113 Å². The van der Waals surface area contributed by atoms with Crippen LogP contribution in [0.2, 0.25) is 0 Å². The van der Waals surface area contributed by atoms with Gasteiger partial charge >= 0.3 is 23.9 Å². The van der Waals surface area contributed by atoms with Crippen LogP contribution < -0.4 is 0 Å². The first-order valence-corrected chi connectivity index (χ1v) is 37.8. The second kappa shape index (κ2) is 40.2. The summed E-state index contributed by atoms with van der Waals surface area (Å²) >= 11 is 0. The Balaban J connectivity index is 0.000000334. The molecule has 7 aliphatic rings. The van der Waals surface area contributed by atoms with Crippen molar-refractivity contribution in [1.82, 2.24) is 9.80 Å². The average molecular weight is 1500 g/mol. The third kappa shape index (κ3) is 23.5. The predicted octanol–water partition coefficient (Wildman–Crippen LogP) is 4.68. The van der Waals surface area contributed by atoms with Crippen LogP contribution in [0, 0.1) is 41.4 Å². The fraction of sp³-hybridized carbons (Fsp3) is 0.868. The van der Waals surface area contributed by atoms with Crippen LogP contribution in [-0.4, -0.2) is 290 Å². The molecule has 105 heavy (non-hydrogen) atoms. The van der Waals surface area contributed by atoms with Crippen LogP contribution >= 0.6 is 0 Å². The van der Waals surface area contributed by atoms with Gasteiger partial charge in [0.25, 0.3) is 0 Å². The number of ether oxygens (including phenoxy) is 15. The lowest BCUT2D eigenvalue weighted by molar-refractivity contribution is -0.344. The van der Waals surface area contributed by atoms with Gasteiger partial charge in [-0.3, -0.25) is 24.0 Å². The van der Waals surface area contributed by atoms with E-state index in [-0.39, 0.29) is 75.4 Å². The Bertz CT molecular complexity index is 2810. The summed E-state index contributed by atoms with van der Waals surface area (Å²) < 4.78 is 91.5. The maximum atomic E-state index is 13.9. The zero-order valence-corrected chi connectivity index (χ0v) is 65.8. The van der Waals surface area contributed by atoms with Crippen molar-refractivity contribution in [2.75, 3.05) is 49.0 Å². The topological polar surface area (TPSA) is 372 Å². The number of allylic oxidation sites excluding steroid dienone is 2. The average Bonchev–Trinajstić information content (AvgIpc) is 1.74. The Morgan fingerprint density at radius 1 is 0.600 bits per heavy atom. The first-order chi connectivity index (χ1) is 49.3. The van der Waals surface area contributed by atoms with Gasteiger partial charge in [0.05, 0.1) is 86.0 Å². The molecule has 0 saturated carbocycles. The molecule has 6 saturated heterocycles. The largest absolute Gasteiger partial charge is 0.462 e. The van der Waals surface area contributed by atoms with Gasteiger partial charge in [-0.05, 0) is 121 Å². The highest BCUT2D eigenvalue weighted by Gasteiger charge is 2.58. The molecule has 1 spiro atoms. The Morgan fingerprint density at radius 3 is 1.81 bits per heavy atom. The van der Waals surface area contributed by atoms with Crippen molar-refractivity contribution in [3.8, 4) is 0 Å². The number of esters is 4. The van der Waals surface area contributed by atoms with Gasteiger partial charge in [0.2, 0.25) is 0 Å². The Morgan fingerprint density at radius 2 is 1.22 bits per heavy atom. The number of rotatable bonds is 18. The van der Waals surface area contributed by atoms with E-state index in [0.717, 1.165) is 0 Å². The summed E-state index contributed by atoms with van der Waals surface area (Å²) in [6, 6.07) is -0.997. The van der Waals surface area contributed by atoms with Gasteiger partial charge in [0.1, 0.15) is 60.7 Å². The SMILES string of the molecule is CCC(=O)O[C@@H]1CC(=O)O[C@H](C)C/C=C/C=C/[C@H](O)[C@H](C)C[C@H](CC=O)[C@H](O[C@@H]2O[C@H](C)[C@@H](O[C@H]3C[C@@](C)(O)[C@@H](OC(=O)CC)[C@H](C)O3)[C@H](N(C)C)[C@H]2O)[C@H]1OC.CO[C@H]1C[C@H](O[C@H]2[C@H](C)[C@@H](O[C@@H]3O[C@H](C)C[C@H](N(C)C)[C@H]3O)[C@@H](C)C[C@@]3(CO3)C(=O)[C@H](C)[C@@H](O)[C@@H](C)[C@@H](C)OC(=O)[C@@H]2C)O[C@@H](C)[C@@H]1O. The molecular formula is C76H128N2O27. The summed E-state index contributed by atoms with van der Waals surface area (Å²) in [5.41, 5.74) is -2.59. The van der Waals surface area contributed by atoms with Crippen LogP contribution in [0.25, 0.3) is 0 Å². The molecule has 7 heterocycles. The normalized spacial score (nSPS) is 45.1. The van der Waals surface area contributed by atoms with Crippen LogP contribution in [0.1, 0.15) is 168 Å². The predicted molar refractivity (Wildman–Crippen MR) is 379 cm³/mol. The summed E-state index contributed by atoms with van der Waals surface area (Å²) in [7, 11) is 10.2. The number of aliphatic hydroxyl groups is 6. The van der Waals surface area contributed by atoms with E-state index < -0.39 is 218 Å². The first-order valence-electron chi connectivity index (χ1n) is 37.8. The fourth-order valence-corrected chi connectivity index (χ4v) is 15.7. The molecule has 0 aromatic carbocycles. The molecule has 0 aliphatic carbocycles. The van der Waals surface area contributed by atoms with Crippen molar-refractivity contribution in [2.24, 2.45) is 41.4 Å². The second-order valence-electron chi connectivity index (χ2n) is 31.3. The molecule has 34 atom stereocenters. The number of likely N-dealkylation sites (N-methyl/N-ethyl adjacent to an activating group) is 2. The molecule has 7 aliphatic heterocycles. The van der Waals surface area contributed by atoms with Crippen molar-refractivity contribution in [1.29, 1.82) is 0 Å². The van der Waals surface area contributed by atoms with Gasteiger partial charge in [0.15, 0.2) is 42.6 Å². The molecule has 0 bridgehead atoms. The van der Waals surface area contributed by atoms with Gasteiger partial charge in [-0.2, -0.15) is 0 Å². The highest BCUT2D eigenvalue weighted by molar-refractivity contribution is 5.92. The fourth-order valence-electron chi connectivity index (χ4n) is 15.7. The van der Waals surface area contributed by atoms with E-state index in [1.807, 2.05) is 52.8 Å². The molecule has 0 unspecified atom stereocenters. The Labute approximate surface area is 621 Å². The smallest absolute Gasteiger partial charge is 0.311 e. The number of Topliss-reactive ketones (excluding diaryl/α,β-unsaturated/α-hetero) is 1. The molecule has 29 heteroatoms. The summed E-state index contributed by atoms with van der Waals surface area (Å²) in [4.78, 5) is 81.9. The molecule has 7 rings (SSSR count). The van der Waals surface area contributed by atoms with Crippen molar-refractivity contribution < 1.29 is 130 Å². The molecule has 29 nitrogen and oxygen atoms in total. The van der Waals surface area contributed by atoms with E-state index >= 15 is 0 Å². The van der Waals surface area contributed by atoms with E-state index in [2.05, 4.69) is 0 Å². The Hall–Kier alpha value is -4.06. The van der Waals surface area contributed by atoms with Crippen molar-refractivity contribution in [2.45, 2.75) is 332 Å². The number of epoxide rings is 1. The van der Waals surface area contributed by atoms with E-state index in [1.165, 1.54) is 14.2 Å². The maximum absolute atomic E-state index is 13.9. The summed E-state index contributed by atoms with van der Waals surface area (Å²) in [5, 5.41) is 67.8. The van der Waals surface area contributed by atoms with Crippen molar-refractivity contribution in [3.05, 3.63) is 24.3 Å². The molecule has 604 valence electrons. The third-order valence-corrected chi connectivity index (χ3v) is 22.3. The summed E-state index contributed by atoms with van der Waals surface area (Å²) in [6.07, 6.45) is -11.2. The van der Waals surface area contributed by atoms with Gasteiger partial charge < -0.3 is 116 Å². The lowest BCUT2D eigenvalue weighted by Gasteiger charge is -2.50. The van der Waals surface area contributed by atoms with Gasteiger partial charge in [-0.15, -0.1) is 0 Å². The number of aldehydes is 1. The van der Waals surface area contributed by atoms with Crippen molar-refractivity contribution >= 4 is 35.9 Å². The molecular weight excluding hydrogens is 1370 g/mol. The lowest BCUT2D eigenvalue weighted by atomic mass is 9.76. The van der Waals surface area contributed by atoms with Crippen LogP contribution in [0.4, 0.5) is 0 Å². The number of hydrogen-bond acceptors (Lipinski definition) is 29. The van der Waals surface area contributed by atoms with Gasteiger partial charge in [0, 0.05) is 76.5 Å². The second-order valence-corrected chi connectivity index (χ2v) is 31.3. The van der Waals surface area contributed by atoms with Crippen molar-refractivity contribution in [3.63, 3.8) is 0 Å². The molecule has 0 aromatic rings. The lowest BCUT2D eigenvalue weighted by Crippen LogP contribution is -2.66. The number of carbonyl (C=O) groups excluding carboxylic acids is 6. The minimum atomic E-state index is -1.49. The highest BCUT2D eigenvalue weighted by Crippen LogP contribution is 2.45. The standard InChI is InChI=1S/C41H67NO15.C35H61NO12/c1-11-30(45)54-29-21-32(47)51-24(4)16-14-13-15-17-28(44)23(3)20-27(18-19-43)37(38(29)50-10)57-40-35(48)34(42(8)9)36(25(5)53-40)56-33-22-41(7,49)39(26(6)52-33)55-31(46)12-2;1-16-14-35(15-43-35)32(40)19(4)27(37)18(3)22(7)46-33(41)21(6)31(47-26-13-25(42-11)28(38)23(8)45-26)20(5)30(16)48-34-29(39)24(36(9)10)12-17(2)44-34/h13-15,17,19,23-29,33-40,44,48-49H,11-12,16,18,20-22H2,1-10H3;16-31,34,37-39H,12-15H2,1-11H3/b14-13+,17-15+;/t23-,24-,25-,26+,27+,28+,29-,33+,34-,35-,36-,37+,38+,39+,40+,41-;16-,17+,18-,19+,20+,21+,22+,23-,24-,25-,26-,27-,28-,29+,30-,31-,34-,35+/m10/s1. The monoisotopic (exact) mass is 1500 g/mol. The van der Waals surface area contributed by atoms with Gasteiger partial charge in [-0.25, -0.2) is 0 Å². The molecule has 6 N–H and O–H groups in total. The summed E-state index contributed by atoms with van der Waals surface area (Å²) in [5.74, 6) is -6.56. The van der Waals surface area contributed by atoms with E-state index in [9.17, 15) is 59.4 Å². The highest BCUT2D eigenvalue weighted by atomic mass is 16.7. The number of ketones is 1. The third-order valence-electron chi connectivity index (χ3n) is 22.3. The number of nitrogens with zero attached hydrogens (tertiary/aromatic N) is 2. The minimum Gasteiger partial charge on any atom is -0.462 e. The van der Waals surface area contributed by atoms with Crippen LogP contribution in [-0.2, 0) is 99.8 Å². The number of cyclic esters (lactones) is 2. The molecule has 0 aromatic heterocycles. The summed E-state index contributed by atoms with van der Waals surface area (Å²) in [6.45, 7) is 26.4. The number of methoxy groups -OCH3 is 2. The van der Waals surface area contributed by atoms with Gasteiger partial charge in [-0.1, -0.05) is 72.8 Å². The van der Waals surface area contributed by atoms with Crippen LogP contribution in [0.3, 0.4) is 0 Å². The zero-order valence-electron chi connectivity index (χ0n) is 65.8. The number of aliphatic hydroxyl groups excluding tert-OH is 5. The minimum absolute atomic E-state index is 0.000633. The zero-order chi connectivity index (χ0) is 78.4. The molecule has 0 radical (unpaired) electrons. The molecule has 6 fully saturated rings. The maximum Gasteiger partial charge on any atom is 0.311 e. The number of hydrogen-bond donors (Lipinski definition) is 6. The first kappa shape index (κ1) is 89.8. The molecule has 0 amide bonds. The van der Waals surface area contributed by atoms with E-state index in [0.29, 0.717) is 19.1 Å². The Kier molecular flexibility index (Phi) is 34.4. The van der Waals surface area contributed by atoms with Crippen LogP contribution in [0.15, 0.2) is 24.3 Å². The quantitative estimate of drug-likeness (QED) is 0.0469. The van der Waals surface area contributed by atoms with E-state index in [4.69, 9.17) is 71.1 Å². The number of carbonyl (C=O) groups is 6.